The quantitative estimate of drug-likeness (QED) is 0.638. The number of hydrogen-bond donors (Lipinski definition) is 1. The lowest BCUT2D eigenvalue weighted by molar-refractivity contribution is -0.383. The number of nitrogens with zero attached hydrogens (tertiary/aromatic N) is 6. The highest BCUT2D eigenvalue weighted by molar-refractivity contribution is 7.15. The zero-order chi connectivity index (χ0) is 18.0. The van der Waals surface area contributed by atoms with Crippen molar-refractivity contribution >= 4 is 33.8 Å². The Morgan fingerprint density at radius 3 is 2.56 bits per heavy atom. The molecular formula is C15H21N7O2S. The number of thiazole rings is 1. The minimum absolute atomic E-state index is 0.0991. The number of hydrogen-bond acceptors (Lipinski definition) is 9. The van der Waals surface area contributed by atoms with Crippen molar-refractivity contribution in [3.05, 3.63) is 27.0 Å². The molecule has 25 heavy (non-hydrogen) atoms. The molecule has 10 heteroatoms. The van der Waals surface area contributed by atoms with E-state index in [1.54, 1.807) is 0 Å². The second kappa shape index (κ2) is 7.28. The summed E-state index contributed by atoms with van der Waals surface area (Å²) >= 11 is 1.45. The molecular weight excluding hydrogens is 342 g/mol. The van der Waals surface area contributed by atoms with Crippen LogP contribution in [-0.4, -0.2) is 57.5 Å². The fourth-order valence-electron chi connectivity index (χ4n) is 2.76. The average Bonchev–Trinajstić information content (AvgIpc) is 2.92. The Morgan fingerprint density at radius 2 is 2.00 bits per heavy atom. The smallest absolute Gasteiger partial charge is 0.348 e. The van der Waals surface area contributed by atoms with E-state index in [1.807, 2.05) is 18.7 Å². The van der Waals surface area contributed by atoms with Crippen LogP contribution >= 0.6 is 11.3 Å². The molecule has 1 aliphatic heterocycles. The van der Waals surface area contributed by atoms with Gasteiger partial charge in [0.1, 0.15) is 6.33 Å². The van der Waals surface area contributed by atoms with Crippen molar-refractivity contribution in [1.29, 1.82) is 0 Å². The maximum atomic E-state index is 11.7. The third-order valence-electron chi connectivity index (χ3n) is 4.36. The normalized spacial score (nSPS) is 15.4. The van der Waals surface area contributed by atoms with E-state index in [2.05, 4.69) is 32.1 Å². The second-order valence-electron chi connectivity index (χ2n) is 5.86. The summed E-state index contributed by atoms with van der Waals surface area (Å²) in [6.07, 6.45) is 1.37. The van der Waals surface area contributed by atoms with Gasteiger partial charge in [-0.05, 0) is 20.4 Å². The molecule has 0 saturated carbocycles. The monoisotopic (exact) mass is 363 g/mol. The van der Waals surface area contributed by atoms with Crippen molar-refractivity contribution in [3.8, 4) is 0 Å². The topological polar surface area (TPSA) is 100 Å². The number of nitro groups is 1. The standard InChI is InChI=1S/C15H21N7O2S/c1-4-20-5-7-21(8-6-20)14-12(22(23)24)13(16-9-17-14)19-15-18-10(2)11(3)25-15/h9H,4-8H2,1-3H3,(H,16,17,18,19). The predicted molar refractivity (Wildman–Crippen MR) is 97.9 cm³/mol. The highest BCUT2D eigenvalue weighted by Crippen LogP contribution is 2.35. The lowest BCUT2D eigenvalue weighted by Crippen LogP contribution is -2.46. The Balaban J connectivity index is 1.90. The van der Waals surface area contributed by atoms with Gasteiger partial charge in [0.05, 0.1) is 10.6 Å². The van der Waals surface area contributed by atoms with Gasteiger partial charge in [-0.15, -0.1) is 11.3 Å². The van der Waals surface area contributed by atoms with Gasteiger partial charge in [-0.1, -0.05) is 6.92 Å². The summed E-state index contributed by atoms with van der Waals surface area (Å²) in [7, 11) is 0. The predicted octanol–water partition coefficient (Wildman–Crippen LogP) is 2.34. The lowest BCUT2D eigenvalue weighted by Gasteiger charge is -2.34. The Bertz CT molecular complexity index is 752. The Hall–Kier alpha value is -2.33. The van der Waals surface area contributed by atoms with E-state index >= 15 is 0 Å². The number of anilines is 3. The Kier molecular flexibility index (Phi) is 5.09. The van der Waals surface area contributed by atoms with Crippen molar-refractivity contribution in [2.45, 2.75) is 20.8 Å². The van der Waals surface area contributed by atoms with Crippen LogP contribution in [0.5, 0.6) is 0 Å². The van der Waals surface area contributed by atoms with Crippen LogP contribution in [0.3, 0.4) is 0 Å². The van der Waals surface area contributed by atoms with E-state index in [-0.39, 0.29) is 11.5 Å². The number of piperazine rings is 1. The molecule has 0 amide bonds. The van der Waals surface area contributed by atoms with E-state index in [0.717, 1.165) is 30.2 Å². The largest absolute Gasteiger partial charge is 0.353 e. The molecule has 0 aliphatic carbocycles. The van der Waals surface area contributed by atoms with E-state index in [9.17, 15) is 10.1 Å². The molecule has 3 heterocycles. The molecule has 0 atom stereocenters. The van der Waals surface area contributed by atoms with Crippen LogP contribution in [0.25, 0.3) is 0 Å². The first kappa shape index (κ1) is 17.5. The summed E-state index contributed by atoms with van der Waals surface area (Å²) in [5.74, 6) is 0.546. The van der Waals surface area contributed by atoms with Gasteiger partial charge >= 0.3 is 5.69 Å². The third kappa shape index (κ3) is 3.69. The van der Waals surface area contributed by atoms with Gasteiger partial charge in [0, 0.05) is 31.1 Å². The molecule has 134 valence electrons. The third-order valence-corrected chi connectivity index (χ3v) is 5.35. The van der Waals surface area contributed by atoms with E-state index in [1.165, 1.54) is 17.7 Å². The maximum Gasteiger partial charge on any atom is 0.353 e. The van der Waals surface area contributed by atoms with Crippen LogP contribution in [-0.2, 0) is 0 Å². The van der Waals surface area contributed by atoms with Gasteiger partial charge in [0.25, 0.3) is 0 Å². The first-order valence-electron chi connectivity index (χ1n) is 8.17. The fraction of sp³-hybridized carbons (Fsp3) is 0.533. The molecule has 2 aromatic rings. The molecule has 1 aliphatic rings. The van der Waals surface area contributed by atoms with Gasteiger partial charge in [-0.25, -0.2) is 15.0 Å². The number of aromatic nitrogens is 3. The molecule has 0 radical (unpaired) electrons. The van der Waals surface area contributed by atoms with Crippen molar-refractivity contribution in [2.75, 3.05) is 42.9 Å². The molecule has 0 spiro atoms. The molecule has 0 aromatic carbocycles. The van der Waals surface area contributed by atoms with Crippen molar-refractivity contribution in [3.63, 3.8) is 0 Å². The van der Waals surface area contributed by atoms with Gasteiger partial charge in [-0.2, -0.15) is 0 Å². The number of nitrogens with one attached hydrogen (secondary N) is 1. The average molecular weight is 363 g/mol. The summed E-state index contributed by atoms with van der Waals surface area (Å²) < 4.78 is 0. The van der Waals surface area contributed by atoms with Gasteiger partial charge in [0.2, 0.25) is 11.6 Å². The van der Waals surface area contributed by atoms with Gasteiger partial charge in [-0.3, -0.25) is 10.1 Å². The second-order valence-corrected chi connectivity index (χ2v) is 7.06. The van der Waals surface area contributed by atoms with Crippen LogP contribution in [0.2, 0.25) is 0 Å². The summed E-state index contributed by atoms with van der Waals surface area (Å²) in [4.78, 5) is 29.3. The number of rotatable bonds is 5. The lowest BCUT2D eigenvalue weighted by atomic mass is 10.3. The molecule has 1 N–H and O–H groups in total. The molecule has 2 aromatic heterocycles. The first-order valence-corrected chi connectivity index (χ1v) is 8.99. The summed E-state index contributed by atoms with van der Waals surface area (Å²) in [5.41, 5.74) is 0.804. The van der Waals surface area contributed by atoms with Crippen molar-refractivity contribution in [1.82, 2.24) is 19.9 Å². The van der Waals surface area contributed by atoms with Crippen LogP contribution < -0.4 is 10.2 Å². The zero-order valence-corrected chi connectivity index (χ0v) is 15.3. The number of likely N-dealkylation sites (N-methyl/N-ethyl adjacent to an activating group) is 1. The van der Waals surface area contributed by atoms with Gasteiger partial charge < -0.3 is 15.1 Å². The van der Waals surface area contributed by atoms with E-state index in [0.29, 0.717) is 24.0 Å². The van der Waals surface area contributed by atoms with Crippen LogP contribution in [0.4, 0.5) is 22.5 Å². The number of aryl methyl sites for hydroxylation is 2. The molecule has 9 nitrogen and oxygen atoms in total. The minimum atomic E-state index is -0.419. The first-order chi connectivity index (χ1) is 12.0. The summed E-state index contributed by atoms with van der Waals surface area (Å²) in [5, 5.41) is 15.3. The van der Waals surface area contributed by atoms with Crippen LogP contribution in [0.15, 0.2) is 6.33 Å². The highest BCUT2D eigenvalue weighted by atomic mass is 32.1. The van der Waals surface area contributed by atoms with Crippen molar-refractivity contribution < 1.29 is 4.92 Å². The molecule has 0 unspecified atom stereocenters. The summed E-state index contributed by atoms with van der Waals surface area (Å²) in [6.45, 7) is 10.1. The molecule has 1 fully saturated rings. The van der Waals surface area contributed by atoms with Crippen LogP contribution in [0.1, 0.15) is 17.5 Å². The maximum absolute atomic E-state index is 11.7. The van der Waals surface area contributed by atoms with Crippen LogP contribution in [0, 0.1) is 24.0 Å². The zero-order valence-electron chi connectivity index (χ0n) is 14.5. The molecule has 0 bridgehead atoms. The van der Waals surface area contributed by atoms with E-state index < -0.39 is 4.92 Å². The Labute approximate surface area is 149 Å². The van der Waals surface area contributed by atoms with Crippen molar-refractivity contribution in [2.24, 2.45) is 0 Å². The summed E-state index contributed by atoms with van der Waals surface area (Å²) in [6, 6.07) is 0. The Morgan fingerprint density at radius 1 is 1.28 bits per heavy atom. The highest BCUT2D eigenvalue weighted by Gasteiger charge is 2.29. The SMILES string of the molecule is CCN1CCN(c2ncnc(Nc3nc(C)c(C)s3)c2[N+](=O)[O-])CC1. The molecule has 3 rings (SSSR count). The van der Waals surface area contributed by atoms with Gasteiger partial charge in [0.15, 0.2) is 5.13 Å². The minimum Gasteiger partial charge on any atom is -0.348 e. The molecule has 1 saturated heterocycles. The fourth-order valence-corrected chi connectivity index (χ4v) is 3.58. The van der Waals surface area contributed by atoms with E-state index in [4.69, 9.17) is 0 Å².